The molecule has 0 spiro atoms. The van der Waals surface area contributed by atoms with Gasteiger partial charge in [0.2, 0.25) is 0 Å². The van der Waals surface area contributed by atoms with Crippen LogP contribution in [0.2, 0.25) is 0 Å². The van der Waals surface area contributed by atoms with Crippen LogP contribution in [0.4, 0.5) is 0 Å². The van der Waals surface area contributed by atoms with Crippen molar-refractivity contribution >= 4 is 33.4 Å². The molecule has 31 heavy (non-hydrogen) atoms. The molecule has 166 valence electrons. The SMILES string of the molecule is Cc1c(C(=O)O[C@H](C)C(=O)N[C@H](C)[C@H]2C[C@H]3CC[C@H]2C3)sc2nc3n(c(=O)c12)CCC3. The highest BCUT2D eigenvalue weighted by Crippen LogP contribution is 2.49. The fourth-order valence-corrected chi connectivity index (χ4v) is 6.97. The molecule has 0 saturated heterocycles. The number of hydrogen-bond donors (Lipinski definition) is 1. The van der Waals surface area contributed by atoms with Gasteiger partial charge < -0.3 is 10.1 Å². The van der Waals surface area contributed by atoms with Crippen LogP contribution in [0.25, 0.3) is 10.2 Å². The topological polar surface area (TPSA) is 90.3 Å². The van der Waals surface area contributed by atoms with E-state index in [0.29, 0.717) is 39.0 Å². The molecule has 0 unspecified atom stereocenters. The quantitative estimate of drug-likeness (QED) is 0.717. The molecule has 2 aromatic heterocycles. The summed E-state index contributed by atoms with van der Waals surface area (Å²) in [4.78, 5) is 43.9. The van der Waals surface area contributed by atoms with E-state index in [2.05, 4.69) is 17.2 Å². The fourth-order valence-electron chi connectivity index (χ4n) is 5.89. The smallest absolute Gasteiger partial charge is 0.349 e. The second-order valence-corrected chi connectivity index (χ2v) is 10.5. The van der Waals surface area contributed by atoms with Crippen molar-refractivity contribution in [3.63, 3.8) is 0 Å². The molecule has 1 amide bonds. The molecular formula is C23H29N3O4S. The number of esters is 1. The first kappa shape index (κ1) is 20.7. The Morgan fingerprint density at radius 2 is 2.06 bits per heavy atom. The van der Waals surface area contributed by atoms with Crippen LogP contribution in [-0.4, -0.2) is 33.6 Å². The average molecular weight is 444 g/mol. The van der Waals surface area contributed by atoms with Gasteiger partial charge in [-0.2, -0.15) is 0 Å². The molecule has 0 aromatic carbocycles. The molecule has 7 nitrogen and oxygen atoms in total. The Labute approximate surface area is 185 Å². The molecule has 5 atom stereocenters. The predicted molar refractivity (Wildman–Crippen MR) is 118 cm³/mol. The largest absolute Gasteiger partial charge is 0.448 e. The second-order valence-electron chi connectivity index (χ2n) is 9.51. The minimum Gasteiger partial charge on any atom is -0.448 e. The zero-order chi connectivity index (χ0) is 21.9. The lowest BCUT2D eigenvalue weighted by Gasteiger charge is -2.29. The maximum absolute atomic E-state index is 12.8. The van der Waals surface area contributed by atoms with Crippen molar-refractivity contribution < 1.29 is 14.3 Å². The van der Waals surface area contributed by atoms with Crippen molar-refractivity contribution in [2.75, 3.05) is 0 Å². The van der Waals surface area contributed by atoms with Gasteiger partial charge in [0.05, 0.1) is 5.39 Å². The van der Waals surface area contributed by atoms with Crippen LogP contribution >= 0.6 is 11.3 Å². The molecule has 3 aliphatic rings. The van der Waals surface area contributed by atoms with E-state index in [1.165, 1.54) is 37.0 Å². The zero-order valence-electron chi connectivity index (χ0n) is 18.3. The normalized spacial score (nSPS) is 26.1. The third kappa shape index (κ3) is 3.49. The van der Waals surface area contributed by atoms with Crippen molar-refractivity contribution in [2.24, 2.45) is 17.8 Å². The lowest BCUT2D eigenvalue weighted by molar-refractivity contribution is -0.130. The van der Waals surface area contributed by atoms with Gasteiger partial charge in [-0.3, -0.25) is 14.2 Å². The summed E-state index contributed by atoms with van der Waals surface area (Å²) in [5.41, 5.74) is 0.503. The van der Waals surface area contributed by atoms with E-state index in [-0.39, 0.29) is 17.5 Å². The van der Waals surface area contributed by atoms with E-state index in [0.717, 1.165) is 24.6 Å². The fraction of sp³-hybridized carbons (Fsp3) is 0.652. The summed E-state index contributed by atoms with van der Waals surface area (Å²) in [6, 6.07) is 0.0849. The van der Waals surface area contributed by atoms with Gasteiger partial charge in [0, 0.05) is 19.0 Å². The van der Waals surface area contributed by atoms with Gasteiger partial charge in [-0.15, -0.1) is 11.3 Å². The van der Waals surface area contributed by atoms with Crippen LogP contribution in [0.5, 0.6) is 0 Å². The molecule has 2 aromatic rings. The average Bonchev–Trinajstić information content (AvgIpc) is 3.51. The highest BCUT2D eigenvalue weighted by molar-refractivity contribution is 7.20. The summed E-state index contributed by atoms with van der Waals surface area (Å²) in [5.74, 6) is 2.00. The summed E-state index contributed by atoms with van der Waals surface area (Å²) < 4.78 is 7.20. The molecule has 0 radical (unpaired) electrons. The number of carbonyl (C=O) groups is 2. The predicted octanol–water partition coefficient (Wildman–Crippen LogP) is 3.20. The Morgan fingerprint density at radius 3 is 2.77 bits per heavy atom. The van der Waals surface area contributed by atoms with Gasteiger partial charge in [0.1, 0.15) is 15.5 Å². The molecule has 3 heterocycles. The van der Waals surface area contributed by atoms with E-state index < -0.39 is 12.1 Å². The number of nitrogens with one attached hydrogen (secondary N) is 1. The number of aryl methyl sites for hydroxylation is 2. The molecule has 2 fully saturated rings. The highest BCUT2D eigenvalue weighted by atomic mass is 32.1. The number of nitrogens with zero attached hydrogens (tertiary/aromatic N) is 2. The number of hydrogen-bond acceptors (Lipinski definition) is 6. The Balaban J connectivity index is 1.28. The number of rotatable bonds is 5. The molecule has 8 heteroatoms. The number of fused-ring (bicyclic) bond motifs is 4. The zero-order valence-corrected chi connectivity index (χ0v) is 19.1. The summed E-state index contributed by atoms with van der Waals surface area (Å²) in [7, 11) is 0. The molecule has 2 saturated carbocycles. The number of thiophene rings is 1. The molecule has 1 aliphatic heterocycles. The summed E-state index contributed by atoms with van der Waals surface area (Å²) in [6.45, 7) is 6.09. The Bertz CT molecular complexity index is 1120. The van der Waals surface area contributed by atoms with Crippen molar-refractivity contribution in [3.05, 3.63) is 26.6 Å². The summed E-state index contributed by atoms with van der Waals surface area (Å²) in [5, 5.41) is 3.56. The van der Waals surface area contributed by atoms with Gasteiger partial charge in [0.25, 0.3) is 11.5 Å². The third-order valence-electron chi connectivity index (χ3n) is 7.55. The van der Waals surface area contributed by atoms with Crippen molar-refractivity contribution in [2.45, 2.75) is 78.0 Å². The Morgan fingerprint density at radius 1 is 1.26 bits per heavy atom. The molecule has 1 N–H and O–H groups in total. The minimum atomic E-state index is -0.891. The Hall–Kier alpha value is -2.22. The molecule has 2 aliphatic carbocycles. The first-order chi connectivity index (χ1) is 14.8. The highest BCUT2D eigenvalue weighted by Gasteiger charge is 2.42. The lowest BCUT2D eigenvalue weighted by atomic mass is 9.84. The van der Waals surface area contributed by atoms with Crippen LogP contribution in [0.15, 0.2) is 4.79 Å². The van der Waals surface area contributed by atoms with Gasteiger partial charge in [-0.05, 0) is 69.8 Å². The second kappa shape index (κ2) is 7.73. The van der Waals surface area contributed by atoms with E-state index in [1.54, 1.807) is 18.4 Å². The van der Waals surface area contributed by atoms with E-state index in [4.69, 9.17) is 4.74 Å². The number of amides is 1. The van der Waals surface area contributed by atoms with E-state index in [9.17, 15) is 14.4 Å². The van der Waals surface area contributed by atoms with E-state index >= 15 is 0 Å². The van der Waals surface area contributed by atoms with Crippen LogP contribution in [0.1, 0.15) is 67.0 Å². The number of carbonyl (C=O) groups excluding carboxylic acids is 2. The van der Waals surface area contributed by atoms with Gasteiger partial charge in [-0.1, -0.05) is 6.42 Å². The monoisotopic (exact) mass is 443 g/mol. The Kier molecular flexibility index (Phi) is 5.15. The standard InChI is InChI=1S/C23H29N3O4S/c1-11-18-21(25-17-5-4-8-26(17)22(18)28)31-19(11)23(29)30-13(3)20(27)24-12(2)16-10-14-6-7-15(16)9-14/h12-16H,4-10H2,1-3H3,(H,24,27)/t12-,13-,14+,15+,16-/m1/s1. The van der Waals surface area contributed by atoms with Crippen molar-refractivity contribution in [3.8, 4) is 0 Å². The summed E-state index contributed by atoms with van der Waals surface area (Å²) in [6.07, 6.45) is 5.87. The summed E-state index contributed by atoms with van der Waals surface area (Å²) >= 11 is 1.18. The molecule has 2 bridgehead atoms. The maximum Gasteiger partial charge on any atom is 0.349 e. The third-order valence-corrected chi connectivity index (χ3v) is 8.72. The number of aromatic nitrogens is 2. The molecular weight excluding hydrogens is 414 g/mol. The maximum atomic E-state index is 12.8. The lowest BCUT2D eigenvalue weighted by Crippen LogP contribution is -2.45. The van der Waals surface area contributed by atoms with Gasteiger partial charge in [0.15, 0.2) is 6.10 Å². The first-order valence-electron chi connectivity index (χ1n) is 11.4. The minimum absolute atomic E-state index is 0.0849. The van der Waals surface area contributed by atoms with Crippen LogP contribution < -0.4 is 10.9 Å². The van der Waals surface area contributed by atoms with Crippen molar-refractivity contribution in [1.29, 1.82) is 0 Å². The molecule has 5 rings (SSSR count). The van der Waals surface area contributed by atoms with Gasteiger partial charge in [-0.25, -0.2) is 9.78 Å². The van der Waals surface area contributed by atoms with E-state index in [1.807, 2.05) is 0 Å². The van der Waals surface area contributed by atoms with Crippen LogP contribution in [0.3, 0.4) is 0 Å². The first-order valence-corrected chi connectivity index (χ1v) is 12.2. The van der Waals surface area contributed by atoms with Crippen LogP contribution in [-0.2, 0) is 22.5 Å². The van der Waals surface area contributed by atoms with Crippen molar-refractivity contribution in [1.82, 2.24) is 14.9 Å². The van der Waals surface area contributed by atoms with Gasteiger partial charge >= 0.3 is 5.97 Å². The number of ether oxygens (including phenoxy) is 1. The van der Waals surface area contributed by atoms with Crippen LogP contribution in [0, 0.1) is 24.7 Å².